The van der Waals surface area contributed by atoms with Crippen LogP contribution >= 0.6 is 0 Å². The molecule has 1 saturated heterocycles. The van der Waals surface area contributed by atoms with E-state index in [2.05, 4.69) is 5.32 Å². The molecule has 0 saturated carbocycles. The average Bonchev–Trinajstić information content (AvgIpc) is 2.54. The van der Waals surface area contributed by atoms with Gasteiger partial charge in [0.05, 0.1) is 0 Å². The second-order valence-electron chi connectivity index (χ2n) is 5.25. The second-order valence-corrected chi connectivity index (χ2v) is 5.25. The lowest BCUT2D eigenvalue weighted by Crippen LogP contribution is -2.62. The monoisotopic (exact) mass is 314 g/mol. The number of benzene rings is 2. The van der Waals surface area contributed by atoms with Crippen LogP contribution in [0.5, 0.6) is 5.75 Å². The largest absolute Gasteiger partial charge is 0.415 e. The normalized spacial score (nSPS) is 16.3. The van der Waals surface area contributed by atoms with Crippen molar-refractivity contribution in [3.8, 4) is 16.9 Å². The summed E-state index contributed by atoms with van der Waals surface area (Å²) in [7, 11) is 1.47. The standard InChI is InChI=1S/C17H15FN2O3/c1-20(15-10-19-16(15)21)17(22)23-12-7-8-13(14(18)9-12)11-5-3-2-4-6-11/h2-9,15H,10H2,1H3,(H,19,21)/t15-/m0/s1. The van der Waals surface area contributed by atoms with E-state index in [4.69, 9.17) is 4.74 Å². The molecule has 5 nitrogen and oxygen atoms in total. The smallest absolute Gasteiger partial charge is 0.410 e. The van der Waals surface area contributed by atoms with Crippen molar-refractivity contribution in [1.82, 2.24) is 10.2 Å². The first-order chi connectivity index (χ1) is 11.1. The van der Waals surface area contributed by atoms with Crippen LogP contribution in [0.3, 0.4) is 0 Å². The SMILES string of the molecule is CN(C(=O)Oc1ccc(-c2ccccc2)c(F)c1)[C@H]1CNC1=O. The molecule has 0 unspecified atom stereocenters. The molecule has 3 rings (SSSR count). The second kappa shape index (κ2) is 6.08. The Kier molecular flexibility index (Phi) is 3.97. The molecule has 1 aliphatic rings. The lowest BCUT2D eigenvalue weighted by Gasteiger charge is -2.33. The summed E-state index contributed by atoms with van der Waals surface area (Å²) in [6.07, 6.45) is -0.697. The number of carbonyl (C=O) groups is 2. The zero-order valence-corrected chi connectivity index (χ0v) is 12.5. The number of likely N-dealkylation sites (N-methyl/N-ethyl adjacent to an activating group) is 1. The van der Waals surface area contributed by atoms with Crippen molar-refractivity contribution in [2.24, 2.45) is 0 Å². The minimum Gasteiger partial charge on any atom is -0.410 e. The van der Waals surface area contributed by atoms with Gasteiger partial charge in [0, 0.05) is 25.2 Å². The Labute approximate surface area is 132 Å². The van der Waals surface area contributed by atoms with Gasteiger partial charge in [-0.15, -0.1) is 0 Å². The third-order valence-electron chi connectivity index (χ3n) is 3.76. The number of hydrogen-bond acceptors (Lipinski definition) is 3. The number of amides is 2. The Bertz CT molecular complexity index is 749. The van der Waals surface area contributed by atoms with Crippen molar-refractivity contribution in [1.29, 1.82) is 0 Å². The van der Waals surface area contributed by atoms with Crippen LogP contribution in [-0.4, -0.2) is 36.5 Å². The summed E-state index contributed by atoms with van der Waals surface area (Å²) in [5.74, 6) is -0.612. The minimum absolute atomic E-state index is 0.0961. The summed E-state index contributed by atoms with van der Waals surface area (Å²) in [5.41, 5.74) is 1.17. The third kappa shape index (κ3) is 3.01. The Morgan fingerprint density at radius 1 is 1.26 bits per heavy atom. The van der Waals surface area contributed by atoms with Gasteiger partial charge in [-0.2, -0.15) is 0 Å². The van der Waals surface area contributed by atoms with Crippen LogP contribution in [0.15, 0.2) is 48.5 Å². The van der Waals surface area contributed by atoms with E-state index in [1.807, 2.05) is 18.2 Å². The molecular weight excluding hydrogens is 299 g/mol. The molecule has 2 aromatic carbocycles. The molecule has 0 aromatic heterocycles. The first-order valence-electron chi connectivity index (χ1n) is 7.13. The number of carbonyl (C=O) groups excluding carboxylic acids is 2. The van der Waals surface area contributed by atoms with Crippen molar-refractivity contribution < 1.29 is 18.7 Å². The number of nitrogens with zero attached hydrogens (tertiary/aromatic N) is 1. The molecule has 0 aliphatic carbocycles. The number of ether oxygens (including phenoxy) is 1. The van der Waals surface area contributed by atoms with E-state index in [9.17, 15) is 14.0 Å². The van der Waals surface area contributed by atoms with E-state index in [-0.39, 0.29) is 11.7 Å². The number of nitrogens with one attached hydrogen (secondary N) is 1. The molecule has 2 aromatic rings. The van der Waals surface area contributed by atoms with Gasteiger partial charge in [0.1, 0.15) is 17.6 Å². The number of halogens is 1. The maximum Gasteiger partial charge on any atom is 0.415 e. The maximum absolute atomic E-state index is 14.2. The van der Waals surface area contributed by atoms with Crippen molar-refractivity contribution in [2.75, 3.05) is 13.6 Å². The summed E-state index contributed by atoms with van der Waals surface area (Å²) in [6, 6.07) is 12.8. The zero-order chi connectivity index (χ0) is 16.4. The highest BCUT2D eigenvalue weighted by Crippen LogP contribution is 2.26. The quantitative estimate of drug-likeness (QED) is 0.885. The molecule has 2 amide bonds. The predicted octanol–water partition coefficient (Wildman–Crippen LogP) is 2.42. The van der Waals surface area contributed by atoms with Crippen molar-refractivity contribution in [3.05, 3.63) is 54.3 Å². The minimum atomic E-state index is -0.697. The van der Waals surface area contributed by atoms with Crippen molar-refractivity contribution in [3.63, 3.8) is 0 Å². The lowest BCUT2D eigenvalue weighted by molar-refractivity contribution is -0.131. The van der Waals surface area contributed by atoms with Crippen LogP contribution < -0.4 is 10.1 Å². The lowest BCUT2D eigenvalue weighted by atomic mass is 10.1. The van der Waals surface area contributed by atoms with Gasteiger partial charge in [-0.25, -0.2) is 9.18 Å². The fraction of sp³-hybridized carbons (Fsp3) is 0.176. The van der Waals surface area contributed by atoms with Gasteiger partial charge in [-0.3, -0.25) is 9.69 Å². The van der Waals surface area contributed by atoms with Crippen LogP contribution in [0.2, 0.25) is 0 Å². The molecule has 0 spiro atoms. The molecule has 1 heterocycles. The van der Waals surface area contributed by atoms with Crippen LogP contribution in [0, 0.1) is 5.82 Å². The van der Waals surface area contributed by atoms with E-state index in [0.29, 0.717) is 12.1 Å². The van der Waals surface area contributed by atoms with Gasteiger partial charge >= 0.3 is 6.09 Å². The highest BCUT2D eigenvalue weighted by Gasteiger charge is 2.35. The van der Waals surface area contributed by atoms with E-state index in [0.717, 1.165) is 11.6 Å². The first-order valence-corrected chi connectivity index (χ1v) is 7.13. The highest BCUT2D eigenvalue weighted by atomic mass is 19.1. The highest BCUT2D eigenvalue weighted by molar-refractivity contribution is 5.91. The topological polar surface area (TPSA) is 58.6 Å². The average molecular weight is 314 g/mol. The number of hydrogen-bond donors (Lipinski definition) is 1. The number of rotatable bonds is 3. The summed E-state index contributed by atoms with van der Waals surface area (Å²) in [5, 5.41) is 2.54. The number of β-lactam (4-membered cyclic amide) rings is 1. The van der Waals surface area contributed by atoms with E-state index < -0.39 is 18.0 Å². The Balaban J connectivity index is 1.73. The van der Waals surface area contributed by atoms with Crippen LogP contribution in [0.1, 0.15) is 0 Å². The molecule has 1 fully saturated rings. The Morgan fingerprint density at radius 2 is 2.00 bits per heavy atom. The summed E-state index contributed by atoms with van der Waals surface area (Å²) in [6.45, 7) is 0.395. The molecule has 118 valence electrons. The molecule has 0 bridgehead atoms. The van der Waals surface area contributed by atoms with Crippen LogP contribution in [0.25, 0.3) is 11.1 Å². The molecule has 1 aliphatic heterocycles. The van der Waals surface area contributed by atoms with Gasteiger partial charge in [0.25, 0.3) is 0 Å². The van der Waals surface area contributed by atoms with Gasteiger partial charge < -0.3 is 10.1 Å². The third-order valence-corrected chi connectivity index (χ3v) is 3.76. The van der Waals surface area contributed by atoms with Gasteiger partial charge in [0.15, 0.2) is 0 Å². The molecule has 1 N–H and O–H groups in total. The first kappa shape index (κ1) is 15.0. The van der Waals surface area contributed by atoms with E-state index in [1.165, 1.54) is 18.0 Å². The molecule has 0 radical (unpaired) electrons. The predicted molar refractivity (Wildman–Crippen MR) is 82.4 cm³/mol. The van der Waals surface area contributed by atoms with E-state index in [1.54, 1.807) is 18.2 Å². The Hall–Kier alpha value is -2.89. The fourth-order valence-electron chi connectivity index (χ4n) is 2.30. The fourth-order valence-corrected chi connectivity index (χ4v) is 2.30. The van der Waals surface area contributed by atoms with Crippen LogP contribution in [-0.2, 0) is 4.79 Å². The molecular formula is C17H15FN2O3. The Morgan fingerprint density at radius 3 is 2.57 bits per heavy atom. The van der Waals surface area contributed by atoms with Gasteiger partial charge in [-0.05, 0) is 17.7 Å². The molecule has 1 atom stereocenters. The van der Waals surface area contributed by atoms with E-state index >= 15 is 0 Å². The summed E-state index contributed by atoms with van der Waals surface area (Å²) >= 11 is 0. The summed E-state index contributed by atoms with van der Waals surface area (Å²) < 4.78 is 19.3. The van der Waals surface area contributed by atoms with Crippen LogP contribution in [0.4, 0.5) is 9.18 Å². The van der Waals surface area contributed by atoms with Gasteiger partial charge in [-0.1, -0.05) is 30.3 Å². The molecule has 23 heavy (non-hydrogen) atoms. The van der Waals surface area contributed by atoms with Crippen molar-refractivity contribution in [2.45, 2.75) is 6.04 Å². The zero-order valence-electron chi connectivity index (χ0n) is 12.5. The summed E-state index contributed by atoms with van der Waals surface area (Å²) in [4.78, 5) is 24.4. The van der Waals surface area contributed by atoms with Gasteiger partial charge in [0.2, 0.25) is 5.91 Å². The van der Waals surface area contributed by atoms with Crippen molar-refractivity contribution >= 4 is 12.0 Å². The molecule has 6 heteroatoms. The maximum atomic E-state index is 14.2.